The van der Waals surface area contributed by atoms with Gasteiger partial charge in [0.15, 0.2) is 17.5 Å². The van der Waals surface area contributed by atoms with E-state index in [2.05, 4.69) is 30.5 Å². The third-order valence-electron chi connectivity index (χ3n) is 8.26. The van der Waals surface area contributed by atoms with Crippen molar-refractivity contribution < 1.29 is 14.7 Å². The lowest BCUT2D eigenvalue weighted by Gasteiger charge is -2.47. The summed E-state index contributed by atoms with van der Waals surface area (Å²) in [6.45, 7) is 0. The third-order valence-corrected chi connectivity index (χ3v) is 9.10. The van der Waals surface area contributed by atoms with E-state index in [9.17, 15) is 14.7 Å². The number of alkyl halides is 1. The molecule has 1 N–H and O–H groups in total. The van der Waals surface area contributed by atoms with E-state index in [4.69, 9.17) is 4.98 Å². The maximum atomic E-state index is 12.7. The minimum Gasteiger partial charge on any atom is -0.480 e. The number of rotatable bonds is 6. The number of fused-ring (bicyclic) bond motifs is 1. The number of carboxylic acids is 1. The molecule has 0 radical (unpaired) electrons. The van der Waals surface area contributed by atoms with E-state index in [0.717, 1.165) is 78.9 Å². The zero-order chi connectivity index (χ0) is 24.9. The number of aromatic nitrogens is 3. The van der Waals surface area contributed by atoms with E-state index in [-0.39, 0.29) is 12.2 Å². The molecule has 0 aliphatic heterocycles. The van der Waals surface area contributed by atoms with E-state index in [1.807, 2.05) is 36.4 Å². The molecule has 1 spiro atoms. The van der Waals surface area contributed by atoms with Crippen molar-refractivity contribution in [2.24, 2.45) is 10.4 Å². The van der Waals surface area contributed by atoms with Gasteiger partial charge in [-0.25, -0.2) is 14.8 Å². The van der Waals surface area contributed by atoms with E-state index in [1.54, 1.807) is 6.20 Å². The molecule has 0 amide bonds. The number of aliphatic carboxylic acids is 1. The Morgan fingerprint density at radius 1 is 1.14 bits per heavy atom. The van der Waals surface area contributed by atoms with Crippen LogP contribution >= 0.6 is 15.9 Å². The Labute approximate surface area is 218 Å². The first-order valence-electron chi connectivity index (χ1n) is 12.9. The lowest BCUT2D eigenvalue weighted by atomic mass is 9.58. The van der Waals surface area contributed by atoms with E-state index in [0.29, 0.717) is 5.92 Å². The number of carboxylic acid groups (broad SMARTS) is 1. The molecule has 0 bridgehead atoms. The average Bonchev–Trinajstić information content (AvgIpc) is 3.24. The van der Waals surface area contributed by atoms with Gasteiger partial charge in [-0.05, 0) is 55.5 Å². The molecule has 1 aromatic carbocycles. The molecule has 2 aromatic heterocycles. The molecule has 36 heavy (non-hydrogen) atoms. The Balaban J connectivity index is 1.28. The van der Waals surface area contributed by atoms with Crippen molar-refractivity contribution in [1.82, 2.24) is 14.5 Å². The molecule has 3 saturated carbocycles. The highest BCUT2D eigenvalue weighted by Gasteiger charge is 2.58. The van der Waals surface area contributed by atoms with E-state index in [1.165, 1.54) is 6.42 Å². The number of halogens is 1. The Hall–Kier alpha value is -2.87. The predicted molar refractivity (Wildman–Crippen MR) is 141 cm³/mol. The van der Waals surface area contributed by atoms with Crippen molar-refractivity contribution in [3.8, 4) is 5.69 Å². The van der Waals surface area contributed by atoms with Gasteiger partial charge < -0.3 is 5.11 Å². The van der Waals surface area contributed by atoms with Crippen LogP contribution in [0.2, 0.25) is 0 Å². The maximum absolute atomic E-state index is 12.7. The zero-order valence-corrected chi connectivity index (χ0v) is 21.7. The second-order valence-corrected chi connectivity index (χ2v) is 11.3. The highest BCUT2D eigenvalue weighted by atomic mass is 79.9. The highest BCUT2D eigenvalue weighted by molar-refractivity contribution is 9.10. The Bertz CT molecular complexity index is 1350. The number of carbonyl (C=O) groups is 2. The number of nitrogens with zero attached hydrogens (tertiary/aromatic N) is 4. The smallest absolute Gasteiger partial charge is 0.328 e. The number of pyridine rings is 1. The van der Waals surface area contributed by atoms with E-state index < -0.39 is 22.3 Å². The molecular weight excluding hydrogens is 520 g/mol. The van der Waals surface area contributed by atoms with Crippen molar-refractivity contribution in [2.45, 2.75) is 74.6 Å². The van der Waals surface area contributed by atoms with Crippen molar-refractivity contribution in [3.05, 3.63) is 54.0 Å². The number of ketones is 1. The molecule has 3 aromatic rings. The molecule has 0 saturated heterocycles. The lowest BCUT2D eigenvalue weighted by Crippen LogP contribution is -2.61. The van der Waals surface area contributed by atoms with Gasteiger partial charge in [-0.3, -0.25) is 14.4 Å². The summed E-state index contributed by atoms with van der Waals surface area (Å²) in [6.07, 6.45) is 10.2. The maximum Gasteiger partial charge on any atom is 0.328 e. The van der Waals surface area contributed by atoms with Crippen LogP contribution < -0.4 is 0 Å². The molecule has 2 heterocycles. The van der Waals surface area contributed by atoms with Crippen molar-refractivity contribution in [1.29, 1.82) is 0 Å². The van der Waals surface area contributed by atoms with E-state index >= 15 is 0 Å². The minimum absolute atomic E-state index is 0.165. The SMILES string of the molecule is O=C(O)[C@H](Cc1ccc(-n2c(C3CCC3)nc3cccnc32)cc1)N=C1C(Br)C(=O)C12CCCCC2. The summed E-state index contributed by atoms with van der Waals surface area (Å²) in [6, 6.07) is 11.0. The van der Waals surface area contributed by atoms with Crippen molar-refractivity contribution in [2.75, 3.05) is 0 Å². The molecule has 6 rings (SSSR count). The number of benzene rings is 1. The zero-order valence-electron chi connectivity index (χ0n) is 20.1. The number of imidazole rings is 1. The molecule has 3 fully saturated rings. The first kappa shape index (κ1) is 23.5. The Morgan fingerprint density at radius 2 is 1.89 bits per heavy atom. The minimum atomic E-state index is -0.964. The standard InChI is InChI=1S/C28H29BrN4O3/c29-22-23(28(24(22)34)13-2-1-3-14-28)31-21(27(35)36)16-17-9-11-19(12-10-17)33-25(18-6-4-7-18)32-20-8-5-15-30-26(20)33/h5,8-12,15,18,21-22H,1-4,6-7,13-14,16H2,(H,35,36)/t21-,22?/m0/s1. The van der Waals surface area contributed by atoms with Crippen molar-refractivity contribution >= 4 is 44.6 Å². The summed E-state index contributed by atoms with van der Waals surface area (Å²) in [4.78, 5) is 38.6. The topological polar surface area (TPSA) is 97.4 Å². The molecule has 8 heteroatoms. The summed E-state index contributed by atoms with van der Waals surface area (Å²) in [5.74, 6) is 0.695. The van der Waals surface area contributed by atoms with Crippen LogP contribution in [0.5, 0.6) is 0 Å². The van der Waals surface area contributed by atoms with Crippen LogP contribution in [-0.4, -0.2) is 48.0 Å². The number of Topliss-reactive ketones (excluding diaryl/α,β-unsaturated/α-hetero) is 1. The van der Waals surface area contributed by atoms with Gasteiger partial charge in [-0.2, -0.15) is 0 Å². The quantitative estimate of drug-likeness (QED) is 0.414. The third kappa shape index (κ3) is 3.81. The number of aliphatic imine (C=N–C) groups is 1. The largest absolute Gasteiger partial charge is 0.480 e. The first-order chi connectivity index (χ1) is 17.5. The summed E-state index contributed by atoms with van der Waals surface area (Å²) in [5, 5.41) is 9.97. The van der Waals surface area contributed by atoms with Gasteiger partial charge in [0.25, 0.3) is 0 Å². The second kappa shape index (κ2) is 9.21. The number of carbonyl (C=O) groups excluding carboxylic acids is 1. The molecule has 1 unspecified atom stereocenters. The predicted octanol–water partition coefficient (Wildman–Crippen LogP) is 5.42. The van der Waals surface area contributed by atoms with Crippen molar-refractivity contribution in [3.63, 3.8) is 0 Å². The lowest BCUT2D eigenvalue weighted by molar-refractivity contribution is -0.138. The molecular formula is C28H29BrN4O3. The van der Waals surface area contributed by atoms with Crippen LogP contribution in [0, 0.1) is 5.41 Å². The summed E-state index contributed by atoms with van der Waals surface area (Å²) in [7, 11) is 0. The second-order valence-electron chi connectivity index (χ2n) is 10.4. The van der Waals surface area contributed by atoms with Gasteiger partial charge in [-0.15, -0.1) is 0 Å². The molecule has 2 atom stereocenters. The van der Waals surface area contributed by atoms with Gasteiger partial charge in [-0.1, -0.05) is 53.7 Å². The number of hydrogen-bond acceptors (Lipinski definition) is 5. The average molecular weight is 549 g/mol. The van der Waals surface area contributed by atoms with Gasteiger partial charge in [0.1, 0.15) is 16.2 Å². The Morgan fingerprint density at radius 3 is 2.56 bits per heavy atom. The highest BCUT2D eigenvalue weighted by Crippen LogP contribution is 2.49. The van der Waals surface area contributed by atoms with Crippen LogP contribution in [0.15, 0.2) is 47.6 Å². The Kier molecular flexibility index (Phi) is 6.02. The summed E-state index contributed by atoms with van der Waals surface area (Å²) < 4.78 is 2.14. The normalized spacial score (nSPS) is 23.5. The first-order valence-corrected chi connectivity index (χ1v) is 13.8. The fraction of sp³-hybridized carbons (Fsp3) is 0.464. The van der Waals surface area contributed by atoms with Crippen LogP contribution in [0.1, 0.15) is 68.7 Å². The van der Waals surface area contributed by atoms with Crippen LogP contribution in [0.4, 0.5) is 0 Å². The van der Waals surface area contributed by atoms with Crippen LogP contribution in [0.25, 0.3) is 16.9 Å². The fourth-order valence-electron chi connectivity index (χ4n) is 5.99. The monoisotopic (exact) mass is 548 g/mol. The summed E-state index contributed by atoms with van der Waals surface area (Å²) >= 11 is 3.46. The molecule has 7 nitrogen and oxygen atoms in total. The van der Waals surface area contributed by atoms with Crippen LogP contribution in [0.3, 0.4) is 0 Å². The fourth-order valence-corrected chi connectivity index (χ4v) is 6.98. The molecule has 186 valence electrons. The van der Waals surface area contributed by atoms with Gasteiger partial charge >= 0.3 is 5.97 Å². The molecule has 3 aliphatic rings. The van der Waals surface area contributed by atoms with Gasteiger partial charge in [0, 0.05) is 29.9 Å². The van der Waals surface area contributed by atoms with Gasteiger partial charge in [0.2, 0.25) is 0 Å². The number of hydrogen-bond donors (Lipinski definition) is 1. The summed E-state index contributed by atoms with van der Waals surface area (Å²) in [5.41, 5.74) is 3.80. The molecule has 3 aliphatic carbocycles. The van der Waals surface area contributed by atoms with Gasteiger partial charge in [0.05, 0.1) is 5.41 Å². The van der Waals surface area contributed by atoms with Crippen LogP contribution in [-0.2, 0) is 16.0 Å².